The Morgan fingerprint density at radius 3 is 2.59 bits per heavy atom. The number of hydrogen-bond donors (Lipinski definition) is 0. The lowest BCUT2D eigenvalue weighted by Crippen LogP contribution is -2.41. The van der Waals surface area contributed by atoms with Crippen LogP contribution in [-0.4, -0.2) is 42.3 Å². The fourth-order valence-corrected chi connectivity index (χ4v) is 5.61. The molecule has 3 aliphatic rings. The molecule has 1 saturated carbocycles. The van der Waals surface area contributed by atoms with Crippen molar-refractivity contribution in [3.63, 3.8) is 0 Å². The van der Waals surface area contributed by atoms with Crippen molar-refractivity contribution in [2.45, 2.75) is 90.2 Å². The minimum absolute atomic E-state index is 0.155. The highest BCUT2D eigenvalue weighted by Crippen LogP contribution is 2.46. The molecule has 2 aliphatic heterocycles. The Hall–Kier alpha value is -1.71. The van der Waals surface area contributed by atoms with E-state index in [1.54, 1.807) is 0 Å². The fourth-order valence-electron chi connectivity index (χ4n) is 5.61. The topological polar surface area (TPSA) is 32.8 Å². The number of fused-ring (bicyclic) bond motifs is 3. The van der Waals surface area contributed by atoms with Crippen molar-refractivity contribution >= 4 is 11.8 Å². The summed E-state index contributed by atoms with van der Waals surface area (Å²) in [7, 11) is 0. The number of nitrogens with zero attached hydrogens (tertiary/aromatic N) is 2. The lowest BCUT2D eigenvalue weighted by Gasteiger charge is -2.34. The summed E-state index contributed by atoms with van der Waals surface area (Å²) in [6.07, 6.45) is 8.98. The van der Waals surface area contributed by atoms with Crippen LogP contribution in [0.3, 0.4) is 0 Å². The molecule has 1 aromatic rings. The van der Waals surface area contributed by atoms with Crippen molar-refractivity contribution in [2.24, 2.45) is 5.92 Å². The van der Waals surface area contributed by atoms with Crippen LogP contribution in [0.1, 0.15) is 82.8 Å². The zero-order chi connectivity index (χ0) is 20.6. The molecule has 0 bridgehead atoms. The SMILES string of the molecule is Cc1ccc2c(c1)[C@@H]1CN(C(=O)OC(C)(C)C)CCC[C@@H]1N2CC1CCCCC1. The number of likely N-dealkylation sites (tertiary alicyclic amines) is 1. The molecule has 29 heavy (non-hydrogen) atoms. The Balaban J connectivity index is 1.58. The molecule has 4 rings (SSSR count). The van der Waals surface area contributed by atoms with Crippen LogP contribution in [0.5, 0.6) is 0 Å². The lowest BCUT2D eigenvalue weighted by atomic mass is 9.88. The maximum Gasteiger partial charge on any atom is 0.410 e. The number of aryl methyl sites for hydroxylation is 1. The molecule has 1 aliphatic carbocycles. The second kappa shape index (κ2) is 8.20. The van der Waals surface area contributed by atoms with E-state index in [-0.39, 0.29) is 6.09 Å². The molecular weight excluding hydrogens is 360 g/mol. The number of benzene rings is 1. The van der Waals surface area contributed by atoms with Gasteiger partial charge in [0.2, 0.25) is 0 Å². The van der Waals surface area contributed by atoms with Gasteiger partial charge in [-0.15, -0.1) is 0 Å². The van der Waals surface area contributed by atoms with Gasteiger partial charge in [-0.3, -0.25) is 0 Å². The average molecular weight is 399 g/mol. The van der Waals surface area contributed by atoms with Gasteiger partial charge in [0.15, 0.2) is 0 Å². The highest BCUT2D eigenvalue weighted by molar-refractivity contribution is 5.69. The predicted octanol–water partition coefficient (Wildman–Crippen LogP) is 5.88. The van der Waals surface area contributed by atoms with E-state index in [2.05, 4.69) is 30.0 Å². The summed E-state index contributed by atoms with van der Waals surface area (Å²) in [6.45, 7) is 10.8. The maximum absolute atomic E-state index is 12.8. The van der Waals surface area contributed by atoms with Gasteiger partial charge >= 0.3 is 6.09 Å². The minimum Gasteiger partial charge on any atom is -0.444 e. The van der Waals surface area contributed by atoms with Crippen molar-refractivity contribution in [3.8, 4) is 0 Å². The van der Waals surface area contributed by atoms with Gasteiger partial charge in [0.25, 0.3) is 0 Å². The lowest BCUT2D eigenvalue weighted by molar-refractivity contribution is 0.0248. The molecule has 160 valence electrons. The van der Waals surface area contributed by atoms with Crippen molar-refractivity contribution in [2.75, 3.05) is 24.5 Å². The van der Waals surface area contributed by atoms with Crippen molar-refractivity contribution in [1.82, 2.24) is 4.90 Å². The minimum atomic E-state index is -0.444. The maximum atomic E-state index is 12.8. The van der Waals surface area contributed by atoms with Gasteiger partial charge in [-0.25, -0.2) is 4.79 Å². The summed E-state index contributed by atoms with van der Waals surface area (Å²) in [6, 6.07) is 7.47. The normalized spacial score (nSPS) is 25.4. The molecule has 0 unspecified atom stereocenters. The molecule has 0 radical (unpaired) electrons. The summed E-state index contributed by atoms with van der Waals surface area (Å²) in [5, 5.41) is 0. The van der Waals surface area contributed by atoms with Crippen LogP contribution in [0, 0.1) is 12.8 Å². The number of hydrogen-bond acceptors (Lipinski definition) is 3. The number of rotatable bonds is 2. The second-order valence-electron chi connectivity index (χ2n) is 10.5. The van der Waals surface area contributed by atoms with Crippen molar-refractivity contribution in [1.29, 1.82) is 0 Å². The van der Waals surface area contributed by atoms with E-state index in [0.29, 0.717) is 12.0 Å². The molecule has 2 heterocycles. The predicted molar refractivity (Wildman–Crippen MR) is 119 cm³/mol. The molecule has 1 saturated heterocycles. The number of anilines is 1. The Bertz CT molecular complexity index is 733. The first-order valence-corrected chi connectivity index (χ1v) is 11.7. The van der Waals surface area contributed by atoms with Crippen molar-refractivity contribution in [3.05, 3.63) is 29.3 Å². The summed E-state index contributed by atoms with van der Waals surface area (Å²) in [5.41, 5.74) is 3.73. The first-order valence-electron chi connectivity index (χ1n) is 11.7. The zero-order valence-corrected chi connectivity index (χ0v) is 18.7. The molecule has 0 spiro atoms. The molecule has 1 amide bonds. The third-order valence-electron chi connectivity index (χ3n) is 6.93. The first-order chi connectivity index (χ1) is 13.8. The van der Waals surface area contributed by atoms with Gasteiger partial charge in [0.1, 0.15) is 5.60 Å². The average Bonchev–Trinajstić information content (AvgIpc) is 2.81. The first kappa shape index (κ1) is 20.6. The van der Waals surface area contributed by atoms with Crippen LogP contribution >= 0.6 is 0 Å². The molecular formula is C25H38N2O2. The Morgan fingerprint density at radius 2 is 1.86 bits per heavy atom. The molecule has 4 heteroatoms. The highest BCUT2D eigenvalue weighted by Gasteiger charge is 2.42. The quantitative estimate of drug-likeness (QED) is 0.624. The van der Waals surface area contributed by atoms with Crippen LogP contribution in [0.4, 0.5) is 10.5 Å². The molecule has 0 N–H and O–H groups in total. The van der Waals surface area contributed by atoms with Gasteiger partial charge in [-0.2, -0.15) is 0 Å². The number of amides is 1. The van der Waals surface area contributed by atoms with Gasteiger partial charge in [-0.1, -0.05) is 37.0 Å². The van der Waals surface area contributed by atoms with Gasteiger partial charge in [-0.05, 0) is 70.9 Å². The summed E-state index contributed by atoms with van der Waals surface area (Å²) >= 11 is 0. The fraction of sp³-hybridized carbons (Fsp3) is 0.720. The highest BCUT2D eigenvalue weighted by atomic mass is 16.6. The van der Waals surface area contributed by atoms with Gasteiger partial charge in [0, 0.05) is 37.3 Å². The second-order valence-corrected chi connectivity index (χ2v) is 10.5. The Kier molecular flexibility index (Phi) is 5.81. The van der Waals surface area contributed by atoms with Crippen LogP contribution in [-0.2, 0) is 4.74 Å². The third-order valence-corrected chi connectivity index (χ3v) is 6.93. The van der Waals surface area contributed by atoms with Crippen LogP contribution < -0.4 is 4.90 Å². The number of carbonyl (C=O) groups excluding carboxylic acids is 1. The summed E-state index contributed by atoms with van der Waals surface area (Å²) in [4.78, 5) is 17.5. The number of carbonyl (C=O) groups is 1. The largest absolute Gasteiger partial charge is 0.444 e. The Morgan fingerprint density at radius 1 is 1.10 bits per heavy atom. The summed E-state index contributed by atoms with van der Waals surface area (Å²) in [5.74, 6) is 1.21. The molecule has 2 fully saturated rings. The van der Waals surface area contributed by atoms with E-state index in [1.165, 1.54) is 55.5 Å². The molecule has 2 atom stereocenters. The number of ether oxygens (including phenoxy) is 1. The van der Waals surface area contributed by atoms with Crippen LogP contribution in [0.15, 0.2) is 18.2 Å². The summed E-state index contributed by atoms with van der Waals surface area (Å²) < 4.78 is 5.71. The smallest absolute Gasteiger partial charge is 0.410 e. The monoisotopic (exact) mass is 398 g/mol. The van der Waals surface area contributed by atoms with E-state index in [1.807, 2.05) is 25.7 Å². The van der Waals surface area contributed by atoms with Crippen molar-refractivity contribution < 1.29 is 9.53 Å². The van der Waals surface area contributed by atoms with E-state index in [4.69, 9.17) is 4.74 Å². The van der Waals surface area contributed by atoms with Gasteiger partial charge in [0.05, 0.1) is 0 Å². The van der Waals surface area contributed by atoms with E-state index < -0.39 is 5.60 Å². The van der Waals surface area contributed by atoms with E-state index in [0.717, 1.165) is 31.8 Å². The molecule has 4 nitrogen and oxygen atoms in total. The Labute approximate surface area is 176 Å². The zero-order valence-electron chi connectivity index (χ0n) is 18.7. The standard InChI is InChI=1S/C25H38N2O2/c1-18-12-13-23-20(15-18)21-17-26(24(28)29-25(2,3)4)14-8-11-22(21)27(23)16-19-9-6-5-7-10-19/h12-13,15,19,21-22H,5-11,14,16-17H2,1-4H3/t21-,22-/m0/s1. The third kappa shape index (κ3) is 4.57. The molecule has 0 aromatic heterocycles. The van der Waals surface area contributed by atoms with E-state index in [9.17, 15) is 4.79 Å². The van der Waals surface area contributed by atoms with Crippen LogP contribution in [0.2, 0.25) is 0 Å². The van der Waals surface area contributed by atoms with Crippen LogP contribution in [0.25, 0.3) is 0 Å². The van der Waals surface area contributed by atoms with Gasteiger partial charge < -0.3 is 14.5 Å². The van der Waals surface area contributed by atoms with E-state index >= 15 is 0 Å². The molecule has 1 aromatic carbocycles.